The van der Waals surface area contributed by atoms with E-state index in [0.29, 0.717) is 60.3 Å². The maximum atomic E-state index is 14.5. The number of amides is 2. The van der Waals surface area contributed by atoms with E-state index in [2.05, 4.69) is 33.3 Å². The van der Waals surface area contributed by atoms with Crippen LogP contribution < -0.4 is 5.32 Å². The molecule has 2 saturated heterocycles. The maximum Gasteiger partial charge on any atom is 0.253 e. The molecule has 3 aromatic carbocycles. The second-order valence-electron chi connectivity index (χ2n) is 12.1. The number of likely N-dealkylation sites (tertiary alicyclic amines) is 1. The second-order valence-corrected chi connectivity index (χ2v) is 12.9. The zero-order valence-electron chi connectivity index (χ0n) is 25.6. The Kier molecular flexibility index (Phi) is 10.4. The van der Waals surface area contributed by atoms with Gasteiger partial charge in [-0.1, -0.05) is 70.7 Å². The monoisotopic (exact) mass is 634 g/mol. The summed E-state index contributed by atoms with van der Waals surface area (Å²) in [4.78, 5) is 46.5. The van der Waals surface area contributed by atoms with Crippen molar-refractivity contribution in [1.29, 1.82) is 0 Å². The number of rotatable bonds is 8. The number of halogens is 2. The van der Waals surface area contributed by atoms with Crippen LogP contribution in [-0.4, -0.2) is 83.1 Å². The molecule has 5 rings (SSSR count). The Morgan fingerprint density at radius 1 is 0.841 bits per heavy atom. The summed E-state index contributed by atoms with van der Waals surface area (Å²) in [6.45, 7) is 9.09. The largest absolute Gasteiger partial charge is 0.354 e. The molecule has 1 N–H and O–H groups in total. The Labute approximate surface area is 270 Å². The third kappa shape index (κ3) is 7.70. The highest BCUT2D eigenvalue weighted by atomic mass is 35.5. The van der Waals surface area contributed by atoms with E-state index in [1.807, 2.05) is 49.1 Å². The molecular weight excluding hydrogens is 595 g/mol. The number of hydrogen-bond donors (Lipinski definition) is 1. The van der Waals surface area contributed by atoms with Crippen molar-refractivity contribution in [3.05, 3.63) is 105 Å². The highest BCUT2D eigenvalue weighted by molar-refractivity contribution is 6.42. The molecule has 2 heterocycles. The summed E-state index contributed by atoms with van der Waals surface area (Å²) < 4.78 is 0. The quantitative estimate of drug-likeness (QED) is 0.318. The summed E-state index contributed by atoms with van der Waals surface area (Å²) >= 11 is 12.6. The van der Waals surface area contributed by atoms with Crippen LogP contribution in [0.25, 0.3) is 0 Å². The molecule has 2 aliphatic heterocycles. The minimum atomic E-state index is -0.508. The average Bonchev–Trinajstić information content (AvgIpc) is 2.99. The third-order valence-electron chi connectivity index (χ3n) is 8.70. The lowest BCUT2D eigenvalue weighted by atomic mass is 9.86. The molecule has 44 heavy (non-hydrogen) atoms. The molecule has 2 aliphatic rings. The molecule has 2 amide bonds. The molecule has 0 aliphatic carbocycles. The minimum Gasteiger partial charge on any atom is -0.354 e. The maximum absolute atomic E-state index is 14.5. The van der Waals surface area contributed by atoms with E-state index in [4.69, 9.17) is 23.2 Å². The number of nitrogens with one attached hydrogen (secondary N) is 1. The zero-order valence-corrected chi connectivity index (χ0v) is 27.1. The molecule has 3 unspecified atom stereocenters. The fourth-order valence-corrected chi connectivity index (χ4v) is 6.99. The number of carbonyl (C=O) groups excluding carboxylic acids is 3. The lowest BCUT2D eigenvalue weighted by molar-refractivity contribution is -0.120. The van der Waals surface area contributed by atoms with Gasteiger partial charge < -0.3 is 10.2 Å². The molecule has 2 fully saturated rings. The Bertz CT molecular complexity index is 1490. The number of piperidine rings is 1. The van der Waals surface area contributed by atoms with Crippen LogP contribution >= 0.6 is 23.2 Å². The van der Waals surface area contributed by atoms with Gasteiger partial charge >= 0.3 is 0 Å². The van der Waals surface area contributed by atoms with E-state index in [-0.39, 0.29) is 29.7 Å². The van der Waals surface area contributed by atoms with Crippen molar-refractivity contribution in [3.63, 3.8) is 0 Å². The van der Waals surface area contributed by atoms with Gasteiger partial charge in [0.25, 0.3) is 5.91 Å². The fourth-order valence-electron chi connectivity index (χ4n) is 6.70. The summed E-state index contributed by atoms with van der Waals surface area (Å²) in [5.41, 5.74) is 4.48. The van der Waals surface area contributed by atoms with Gasteiger partial charge in [-0.05, 0) is 62.6 Å². The fraction of sp³-hybridized carbons (Fsp3) is 0.400. The summed E-state index contributed by atoms with van der Waals surface area (Å²) in [5, 5.41) is 3.84. The zero-order chi connectivity index (χ0) is 31.4. The first-order chi connectivity index (χ1) is 21.1. The topological polar surface area (TPSA) is 73.0 Å². The number of hydrogen-bond acceptors (Lipinski definition) is 5. The molecule has 0 radical (unpaired) electrons. The molecule has 3 aromatic rings. The lowest BCUT2D eigenvalue weighted by Gasteiger charge is -2.48. The molecule has 7 nitrogen and oxygen atoms in total. The van der Waals surface area contributed by atoms with Gasteiger partial charge in [0.15, 0.2) is 5.78 Å². The molecule has 0 spiro atoms. The smallest absolute Gasteiger partial charge is 0.253 e. The van der Waals surface area contributed by atoms with Gasteiger partial charge in [-0.3, -0.25) is 24.2 Å². The van der Waals surface area contributed by atoms with E-state index in [0.717, 1.165) is 24.1 Å². The normalized spacial score (nSPS) is 20.2. The van der Waals surface area contributed by atoms with Crippen molar-refractivity contribution in [2.24, 2.45) is 0 Å². The van der Waals surface area contributed by atoms with E-state index in [1.54, 1.807) is 18.2 Å². The van der Waals surface area contributed by atoms with Crippen LogP contribution in [0.1, 0.15) is 57.2 Å². The highest BCUT2D eigenvalue weighted by Gasteiger charge is 2.42. The molecule has 3 atom stereocenters. The van der Waals surface area contributed by atoms with E-state index in [1.165, 1.54) is 12.5 Å². The standard InChI is InChI=1S/C35H40Cl2N4O3/c1-23-17-24(2)19-28(18-23)35(44)40-15-13-39(14-16-40)33(34(43)27-9-10-30(36)31(37)20-27)32-21-29(38-25(3)42)11-12-41(32)22-26-7-5-4-6-8-26/h4-10,17-20,29,32-33H,11-16,21-22H2,1-3H3,(H,38,42). The van der Waals surface area contributed by atoms with Gasteiger partial charge in [0.05, 0.1) is 16.1 Å². The number of nitrogens with zero attached hydrogens (tertiary/aromatic N) is 3. The first-order valence-corrected chi connectivity index (χ1v) is 16.0. The van der Waals surface area contributed by atoms with E-state index in [9.17, 15) is 14.4 Å². The average molecular weight is 636 g/mol. The third-order valence-corrected chi connectivity index (χ3v) is 9.44. The van der Waals surface area contributed by atoms with Crippen molar-refractivity contribution in [2.45, 2.75) is 58.3 Å². The molecule has 0 saturated carbocycles. The van der Waals surface area contributed by atoms with Crippen molar-refractivity contribution >= 4 is 40.8 Å². The van der Waals surface area contributed by atoms with Crippen molar-refractivity contribution in [1.82, 2.24) is 20.0 Å². The van der Waals surface area contributed by atoms with E-state index < -0.39 is 6.04 Å². The Morgan fingerprint density at radius 2 is 1.52 bits per heavy atom. The van der Waals surface area contributed by atoms with Gasteiger partial charge in [0.2, 0.25) is 5.91 Å². The predicted molar refractivity (Wildman–Crippen MR) is 175 cm³/mol. The first kappa shape index (κ1) is 32.2. The molecule has 9 heteroatoms. The SMILES string of the molecule is CC(=O)NC1CCN(Cc2ccccc2)C(C(C(=O)c2ccc(Cl)c(Cl)c2)N2CCN(C(=O)c3cc(C)cc(C)c3)CC2)C1. The first-order valence-electron chi connectivity index (χ1n) is 15.2. The number of aryl methyl sites for hydroxylation is 2. The van der Waals surface area contributed by atoms with Crippen molar-refractivity contribution in [3.8, 4) is 0 Å². The van der Waals surface area contributed by atoms with Gasteiger partial charge in [-0.2, -0.15) is 0 Å². The van der Waals surface area contributed by atoms with Gasteiger partial charge in [0, 0.05) is 69.4 Å². The number of ketones is 1. The molecular formula is C35H40Cl2N4O3. The summed E-state index contributed by atoms with van der Waals surface area (Å²) in [7, 11) is 0. The minimum absolute atomic E-state index is 0.0119. The van der Waals surface area contributed by atoms with Crippen LogP contribution in [0.4, 0.5) is 0 Å². The Hall–Kier alpha value is -3.23. The van der Waals surface area contributed by atoms with Crippen molar-refractivity contribution in [2.75, 3.05) is 32.7 Å². The second kappa shape index (κ2) is 14.2. The van der Waals surface area contributed by atoms with Crippen LogP contribution in [0.2, 0.25) is 10.0 Å². The number of Topliss-reactive ketones (excluding diaryl/α,β-unsaturated/α-hetero) is 1. The van der Waals surface area contributed by atoms with Crippen LogP contribution in [0.3, 0.4) is 0 Å². The van der Waals surface area contributed by atoms with Crippen LogP contribution in [-0.2, 0) is 11.3 Å². The van der Waals surface area contributed by atoms with Gasteiger partial charge in [0.1, 0.15) is 0 Å². The molecule has 0 bridgehead atoms. The lowest BCUT2D eigenvalue weighted by Crippen LogP contribution is -2.63. The summed E-state index contributed by atoms with van der Waals surface area (Å²) in [6, 6.07) is 20.5. The molecule has 0 aromatic heterocycles. The summed E-state index contributed by atoms with van der Waals surface area (Å²) in [5.74, 6) is -0.0989. The molecule has 232 valence electrons. The highest BCUT2D eigenvalue weighted by Crippen LogP contribution is 2.30. The number of benzene rings is 3. The number of carbonyl (C=O) groups is 3. The van der Waals surface area contributed by atoms with Crippen molar-refractivity contribution < 1.29 is 14.4 Å². The Morgan fingerprint density at radius 3 is 2.16 bits per heavy atom. The van der Waals surface area contributed by atoms with Gasteiger partial charge in [-0.15, -0.1) is 0 Å². The Balaban J connectivity index is 1.45. The van der Waals surface area contributed by atoms with Crippen LogP contribution in [0.5, 0.6) is 0 Å². The number of piperazine rings is 1. The summed E-state index contributed by atoms with van der Waals surface area (Å²) in [6.07, 6.45) is 1.43. The van der Waals surface area contributed by atoms with Crippen LogP contribution in [0, 0.1) is 13.8 Å². The van der Waals surface area contributed by atoms with Crippen LogP contribution in [0.15, 0.2) is 66.7 Å². The predicted octanol–water partition coefficient (Wildman–Crippen LogP) is 5.79. The van der Waals surface area contributed by atoms with Gasteiger partial charge in [-0.25, -0.2) is 0 Å². The van der Waals surface area contributed by atoms with E-state index >= 15 is 0 Å².